The average Bonchev–Trinajstić information content (AvgIpc) is 3.20. The average molecular weight is 490 g/mol. The summed E-state index contributed by atoms with van der Waals surface area (Å²) in [5.41, 5.74) is 3.20. The lowest BCUT2D eigenvalue weighted by molar-refractivity contribution is -0.154. The third kappa shape index (κ3) is 3.90. The minimum absolute atomic E-state index is 0.128. The van der Waals surface area contributed by atoms with Crippen LogP contribution in [0.4, 0.5) is 0 Å². The molecule has 1 amide bonds. The highest BCUT2D eigenvalue weighted by Crippen LogP contribution is 2.41. The normalized spacial score (nSPS) is 18.4. The van der Waals surface area contributed by atoms with E-state index < -0.39 is 34.0 Å². The molecule has 0 saturated heterocycles. The van der Waals surface area contributed by atoms with Gasteiger partial charge in [0.2, 0.25) is 15.9 Å². The lowest BCUT2D eigenvalue weighted by Crippen LogP contribution is -2.52. The van der Waals surface area contributed by atoms with Crippen molar-refractivity contribution in [3.63, 3.8) is 0 Å². The molecule has 0 spiro atoms. The number of methoxy groups -OCH3 is 1. The standard InChI is InChI=1S/C23H24ClN3O5S/c1-26(2)33(30,31)15-10-8-14(9-11-15)22-21-17(16-6-4-5-7-18(16)25-21)12-19(23(29)32-3)27(22)20(28)13-24/h4-11,19,22,25H,12-13H2,1-3H3/t19-,22+/m1/s1. The van der Waals surface area contributed by atoms with E-state index in [-0.39, 0.29) is 17.2 Å². The van der Waals surface area contributed by atoms with Crippen molar-refractivity contribution >= 4 is 44.4 Å². The Hall–Kier alpha value is -2.88. The van der Waals surface area contributed by atoms with E-state index in [0.717, 1.165) is 26.5 Å². The summed E-state index contributed by atoms with van der Waals surface area (Å²) in [7, 11) is 0.588. The molecule has 2 atom stereocenters. The van der Waals surface area contributed by atoms with Gasteiger partial charge < -0.3 is 14.6 Å². The van der Waals surface area contributed by atoms with Gasteiger partial charge in [0.25, 0.3) is 0 Å². The summed E-state index contributed by atoms with van der Waals surface area (Å²) in [6.45, 7) is 0. The Morgan fingerprint density at radius 3 is 2.42 bits per heavy atom. The molecule has 10 heteroatoms. The Morgan fingerprint density at radius 2 is 1.82 bits per heavy atom. The molecule has 3 aromatic rings. The van der Waals surface area contributed by atoms with Gasteiger partial charge in [0, 0.05) is 37.1 Å². The van der Waals surface area contributed by atoms with E-state index in [1.807, 2.05) is 24.3 Å². The first kappa shape index (κ1) is 23.3. The molecule has 1 aromatic heterocycles. The zero-order valence-electron chi connectivity index (χ0n) is 18.4. The van der Waals surface area contributed by atoms with Gasteiger partial charge in [0.1, 0.15) is 11.9 Å². The van der Waals surface area contributed by atoms with Crippen LogP contribution in [0.5, 0.6) is 0 Å². The van der Waals surface area contributed by atoms with E-state index in [1.165, 1.54) is 38.2 Å². The molecular formula is C23H24ClN3O5S. The van der Waals surface area contributed by atoms with Crippen molar-refractivity contribution in [1.29, 1.82) is 0 Å². The number of aromatic nitrogens is 1. The molecule has 4 rings (SSSR count). The quantitative estimate of drug-likeness (QED) is 0.438. The minimum Gasteiger partial charge on any atom is -0.467 e. The number of H-pyrrole nitrogens is 1. The lowest BCUT2D eigenvalue weighted by Gasteiger charge is -2.40. The van der Waals surface area contributed by atoms with Crippen LogP contribution in [0.3, 0.4) is 0 Å². The third-order valence-corrected chi connectivity index (χ3v) is 8.04. The van der Waals surface area contributed by atoms with Gasteiger partial charge in [-0.25, -0.2) is 17.5 Å². The van der Waals surface area contributed by atoms with Crippen LogP contribution in [-0.4, -0.2) is 67.6 Å². The Balaban J connectivity index is 1.93. The maximum atomic E-state index is 13.0. The van der Waals surface area contributed by atoms with E-state index in [1.54, 1.807) is 12.1 Å². The maximum absolute atomic E-state index is 13.0. The van der Waals surface area contributed by atoms with Gasteiger partial charge >= 0.3 is 5.97 Å². The number of hydrogen-bond acceptors (Lipinski definition) is 5. The zero-order chi connectivity index (χ0) is 23.9. The number of nitrogens with one attached hydrogen (secondary N) is 1. The number of fused-ring (bicyclic) bond motifs is 3. The Bertz CT molecular complexity index is 1320. The number of carbonyl (C=O) groups excluding carboxylic acids is 2. The molecule has 1 N–H and O–H groups in total. The van der Waals surface area contributed by atoms with Crippen molar-refractivity contribution in [3.05, 3.63) is 65.4 Å². The van der Waals surface area contributed by atoms with Gasteiger partial charge in [-0.3, -0.25) is 4.79 Å². The molecule has 1 aliphatic heterocycles. The van der Waals surface area contributed by atoms with E-state index in [9.17, 15) is 18.0 Å². The molecule has 174 valence electrons. The summed E-state index contributed by atoms with van der Waals surface area (Å²) in [5.74, 6) is -1.28. The molecule has 0 aliphatic carbocycles. The topological polar surface area (TPSA) is 99.8 Å². The largest absolute Gasteiger partial charge is 0.467 e. The molecule has 0 saturated carbocycles. The van der Waals surface area contributed by atoms with E-state index >= 15 is 0 Å². The lowest BCUT2D eigenvalue weighted by atomic mass is 9.88. The molecule has 2 heterocycles. The fraction of sp³-hybridized carbons (Fsp3) is 0.304. The number of alkyl halides is 1. The van der Waals surface area contributed by atoms with Crippen LogP contribution in [0.2, 0.25) is 0 Å². The van der Waals surface area contributed by atoms with Gasteiger partial charge in [-0.15, -0.1) is 11.6 Å². The summed E-state index contributed by atoms with van der Waals surface area (Å²) in [6, 6.07) is 12.5. The summed E-state index contributed by atoms with van der Waals surface area (Å²) >= 11 is 5.94. The fourth-order valence-electron chi connectivity index (χ4n) is 4.36. The summed E-state index contributed by atoms with van der Waals surface area (Å²) in [5, 5.41) is 0.955. The van der Waals surface area contributed by atoms with E-state index in [4.69, 9.17) is 16.3 Å². The SMILES string of the molecule is COC(=O)[C@H]1Cc2c([nH]c3ccccc23)[C@H](c2ccc(S(=O)(=O)N(C)C)cc2)N1C(=O)CCl. The van der Waals surface area contributed by atoms with Crippen molar-refractivity contribution in [2.24, 2.45) is 0 Å². The van der Waals surface area contributed by atoms with E-state index in [0.29, 0.717) is 5.56 Å². The first-order valence-corrected chi connectivity index (χ1v) is 12.2. The van der Waals surface area contributed by atoms with Crippen LogP contribution in [0.1, 0.15) is 22.9 Å². The number of carbonyl (C=O) groups is 2. The second-order valence-corrected chi connectivity index (χ2v) is 10.4. The second-order valence-electron chi connectivity index (χ2n) is 8.00. The smallest absolute Gasteiger partial charge is 0.328 e. The molecule has 0 unspecified atom stereocenters. The zero-order valence-corrected chi connectivity index (χ0v) is 20.0. The molecule has 33 heavy (non-hydrogen) atoms. The number of halogens is 1. The predicted molar refractivity (Wildman–Crippen MR) is 125 cm³/mol. The Labute approximate surface area is 197 Å². The number of benzene rings is 2. The number of rotatable bonds is 5. The highest BCUT2D eigenvalue weighted by molar-refractivity contribution is 7.89. The minimum atomic E-state index is -3.62. The summed E-state index contributed by atoms with van der Waals surface area (Å²) < 4.78 is 31.2. The van der Waals surface area contributed by atoms with Crippen LogP contribution < -0.4 is 0 Å². The summed E-state index contributed by atoms with van der Waals surface area (Å²) in [4.78, 5) is 30.7. The van der Waals surface area contributed by atoms with Crippen molar-refractivity contribution < 1.29 is 22.7 Å². The summed E-state index contributed by atoms with van der Waals surface area (Å²) in [6.07, 6.45) is 0.276. The van der Waals surface area contributed by atoms with E-state index in [2.05, 4.69) is 4.98 Å². The predicted octanol–water partition coefficient (Wildman–Crippen LogP) is 2.67. The monoisotopic (exact) mass is 489 g/mol. The van der Waals surface area contributed by atoms with Gasteiger partial charge in [0.05, 0.1) is 18.0 Å². The van der Waals surface area contributed by atoms with Crippen molar-refractivity contribution in [1.82, 2.24) is 14.2 Å². The molecule has 1 aliphatic rings. The van der Waals surface area contributed by atoms with Crippen molar-refractivity contribution in [3.8, 4) is 0 Å². The van der Waals surface area contributed by atoms with Gasteiger partial charge in [-0.05, 0) is 29.3 Å². The number of para-hydroxylation sites is 1. The molecule has 0 fully saturated rings. The van der Waals surface area contributed by atoms with Crippen molar-refractivity contribution in [2.75, 3.05) is 27.1 Å². The highest BCUT2D eigenvalue weighted by atomic mass is 35.5. The maximum Gasteiger partial charge on any atom is 0.328 e. The number of hydrogen-bond donors (Lipinski definition) is 1. The molecule has 0 radical (unpaired) electrons. The number of sulfonamides is 1. The third-order valence-electron chi connectivity index (χ3n) is 5.98. The van der Waals surface area contributed by atoms with Crippen LogP contribution in [0.25, 0.3) is 10.9 Å². The Kier molecular flexibility index (Phi) is 6.22. The van der Waals surface area contributed by atoms with Gasteiger partial charge in [-0.2, -0.15) is 0 Å². The first-order valence-electron chi connectivity index (χ1n) is 10.3. The van der Waals surface area contributed by atoms with Gasteiger partial charge in [-0.1, -0.05) is 30.3 Å². The number of nitrogens with zero attached hydrogens (tertiary/aromatic N) is 2. The first-order chi connectivity index (χ1) is 15.7. The highest BCUT2D eigenvalue weighted by Gasteiger charge is 2.43. The number of esters is 1. The van der Waals surface area contributed by atoms with Crippen LogP contribution >= 0.6 is 11.6 Å². The number of ether oxygens (including phenoxy) is 1. The Morgan fingerprint density at radius 1 is 1.15 bits per heavy atom. The fourth-order valence-corrected chi connectivity index (χ4v) is 5.40. The molecule has 2 aromatic carbocycles. The van der Waals surface area contributed by atoms with Gasteiger partial charge in [0.15, 0.2) is 0 Å². The molecular weight excluding hydrogens is 466 g/mol. The second kappa shape index (κ2) is 8.81. The van der Waals surface area contributed by atoms with Crippen LogP contribution in [0, 0.1) is 0 Å². The number of amides is 1. The molecule has 8 nitrogen and oxygen atoms in total. The number of aromatic amines is 1. The van der Waals surface area contributed by atoms with Crippen LogP contribution in [0.15, 0.2) is 53.4 Å². The van der Waals surface area contributed by atoms with Crippen LogP contribution in [-0.2, 0) is 30.8 Å². The van der Waals surface area contributed by atoms with Crippen molar-refractivity contribution in [2.45, 2.75) is 23.4 Å². The molecule has 0 bridgehead atoms.